The Morgan fingerprint density at radius 3 is 2.15 bits per heavy atom. The smallest absolute Gasteiger partial charge is 0.258 e. The summed E-state index contributed by atoms with van der Waals surface area (Å²) in [6.45, 7) is 5.65. The van der Waals surface area contributed by atoms with E-state index in [4.69, 9.17) is 0 Å². The van der Waals surface area contributed by atoms with Crippen molar-refractivity contribution in [2.45, 2.75) is 37.7 Å². The van der Waals surface area contributed by atoms with Gasteiger partial charge in [0.05, 0.1) is 4.92 Å². The molecule has 0 radical (unpaired) electrons. The summed E-state index contributed by atoms with van der Waals surface area (Å²) in [7, 11) is 0. The highest BCUT2D eigenvalue weighted by atomic mass is 79.9. The van der Waals surface area contributed by atoms with Crippen molar-refractivity contribution in [3.63, 3.8) is 0 Å². The standard InChI is InChI=1S/C13H15BrF3NO2/c1-7(2)12(8(3)14)9-4-5-11(18(19)20)10(6-9)13(15,16)17/h4-8,12H,1-3H3. The predicted octanol–water partition coefficient (Wildman–Crippen LogP) is 5.14. The molecule has 2 atom stereocenters. The number of benzene rings is 1. The van der Waals surface area contributed by atoms with Crippen LogP contribution >= 0.6 is 15.9 Å². The van der Waals surface area contributed by atoms with Gasteiger partial charge in [0.2, 0.25) is 0 Å². The molecule has 20 heavy (non-hydrogen) atoms. The molecule has 0 bridgehead atoms. The molecule has 0 spiro atoms. The van der Waals surface area contributed by atoms with Gasteiger partial charge < -0.3 is 0 Å². The van der Waals surface area contributed by atoms with Gasteiger partial charge in [0, 0.05) is 10.9 Å². The van der Waals surface area contributed by atoms with E-state index in [1.807, 2.05) is 20.8 Å². The number of alkyl halides is 4. The number of hydrogen-bond acceptors (Lipinski definition) is 2. The van der Waals surface area contributed by atoms with Gasteiger partial charge in [-0.05, 0) is 23.5 Å². The molecular weight excluding hydrogens is 339 g/mol. The van der Waals surface area contributed by atoms with Gasteiger partial charge >= 0.3 is 6.18 Å². The maximum Gasteiger partial charge on any atom is 0.423 e. The number of nitrogens with zero attached hydrogens (tertiary/aromatic N) is 1. The third-order valence-corrected chi connectivity index (χ3v) is 3.69. The van der Waals surface area contributed by atoms with Crippen LogP contribution in [0.25, 0.3) is 0 Å². The fourth-order valence-electron chi connectivity index (χ4n) is 2.33. The third-order valence-electron chi connectivity index (χ3n) is 3.12. The summed E-state index contributed by atoms with van der Waals surface area (Å²) in [5.41, 5.74) is -1.66. The van der Waals surface area contributed by atoms with Crippen LogP contribution in [0.5, 0.6) is 0 Å². The van der Waals surface area contributed by atoms with Gasteiger partial charge in [0.25, 0.3) is 5.69 Å². The summed E-state index contributed by atoms with van der Waals surface area (Å²) in [6.07, 6.45) is -4.74. The predicted molar refractivity (Wildman–Crippen MR) is 74.1 cm³/mol. The summed E-state index contributed by atoms with van der Waals surface area (Å²) in [4.78, 5) is 9.67. The van der Waals surface area contributed by atoms with Crippen molar-refractivity contribution in [3.05, 3.63) is 39.4 Å². The Morgan fingerprint density at radius 2 is 1.80 bits per heavy atom. The highest BCUT2D eigenvalue weighted by Crippen LogP contribution is 2.40. The fraction of sp³-hybridized carbons (Fsp3) is 0.538. The zero-order chi connectivity index (χ0) is 15.7. The van der Waals surface area contributed by atoms with E-state index >= 15 is 0 Å². The minimum Gasteiger partial charge on any atom is -0.258 e. The third kappa shape index (κ3) is 3.71. The molecule has 0 N–H and O–H groups in total. The van der Waals surface area contributed by atoms with Crippen LogP contribution in [0.2, 0.25) is 0 Å². The van der Waals surface area contributed by atoms with E-state index in [2.05, 4.69) is 15.9 Å². The first-order valence-electron chi connectivity index (χ1n) is 6.05. The van der Waals surface area contributed by atoms with Gasteiger partial charge in [0.15, 0.2) is 0 Å². The minimum absolute atomic E-state index is 0.0370. The molecule has 0 saturated heterocycles. The normalized spacial score (nSPS) is 15.2. The van der Waals surface area contributed by atoms with E-state index in [0.29, 0.717) is 5.56 Å². The number of halogens is 4. The second-order valence-electron chi connectivity index (χ2n) is 4.98. The highest BCUT2D eigenvalue weighted by Gasteiger charge is 2.39. The molecule has 0 aliphatic heterocycles. The maximum atomic E-state index is 12.9. The summed E-state index contributed by atoms with van der Waals surface area (Å²) in [6, 6.07) is 3.22. The minimum atomic E-state index is -4.74. The van der Waals surface area contributed by atoms with Gasteiger partial charge in [-0.2, -0.15) is 13.2 Å². The van der Waals surface area contributed by atoms with Crippen LogP contribution in [0.3, 0.4) is 0 Å². The van der Waals surface area contributed by atoms with Crippen molar-refractivity contribution >= 4 is 21.6 Å². The van der Waals surface area contributed by atoms with E-state index in [1.165, 1.54) is 6.07 Å². The largest absolute Gasteiger partial charge is 0.423 e. The van der Waals surface area contributed by atoms with Crippen molar-refractivity contribution in [1.29, 1.82) is 0 Å². The molecule has 0 saturated carbocycles. The average molecular weight is 354 g/mol. The number of nitro groups is 1. The Hall–Kier alpha value is -1.11. The van der Waals surface area contributed by atoms with Gasteiger partial charge in [-0.3, -0.25) is 10.1 Å². The van der Waals surface area contributed by atoms with Crippen molar-refractivity contribution in [3.8, 4) is 0 Å². The van der Waals surface area contributed by atoms with Crippen LogP contribution in [0, 0.1) is 16.0 Å². The molecular formula is C13H15BrF3NO2. The molecule has 0 heterocycles. The van der Waals surface area contributed by atoms with Crippen molar-refractivity contribution < 1.29 is 18.1 Å². The lowest BCUT2D eigenvalue weighted by Crippen LogP contribution is -2.17. The second kappa shape index (κ2) is 6.11. The molecule has 0 amide bonds. The van der Waals surface area contributed by atoms with Crippen molar-refractivity contribution in [2.75, 3.05) is 0 Å². The van der Waals surface area contributed by atoms with Crippen LogP contribution in [-0.4, -0.2) is 9.75 Å². The van der Waals surface area contributed by atoms with Crippen molar-refractivity contribution in [1.82, 2.24) is 0 Å². The van der Waals surface area contributed by atoms with Crippen molar-refractivity contribution in [2.24, 2.45) is 5.92 Å². The lowest BCUT2D eigenvalue weighted by Gasteiger charge is -2.24. The Balaban J connectivity index is 3.43. The number of nitro benzene ring substituents is 1. The molecule has 7 heteroatoms. The van der Waals surface area contributed by atoms with E-state index in [1.54, 1.807) is 0 Å². The average Bonchev–Trinajstić information content (AvgIpc) is 2.26. The summed E-state index contributed by atoms with van der Waals surface area (Å²) < 4.78 is 38.8. The molecule has 112 valence electrons. The molecule has 0 aromatic heterocycles. The lowest BCUT2D eigenvalue weighted by atomic mass is 9.85. The van der Waals surface area contributed by atoms with Crippen LogP contribution in [0.4, 0.5) is 18.9 Å². The second-order valence-corrected chi connectivity index (χ2v) is 6.42. The number of rotatable bonds is 4. The fourth-order valence-corrected chi connectivity index (χ4v) is 3.24. The first-order valence-corrected chi connectivity index (χ1v) is 6.97. The Labute approximate surface area is 123 Å². The van der Waals surface area contributed by atoms with E-state index in [9.17, 15) is 23.3 Å². The lowest BCUT2D eigenvalue weighted by molar-refractivity contribution is -0.388. The molecule has 0 aliphatic rings. The molecule has 1 rings (SSSR count). The van der Waals surface area contributed by atoms with Crippen LogP contribution < -0.4 is 0 Å². The van der Waals surface area contributed by atoms with Crippen LogP contribution in [-0.2, 0) is 6.18 Å². The number of hydrogen-bond donors (Lipinski definition) is 0. The van der Waals surface area contributed by atoms with E-state index in [-0.39, 0.29) is 16.7 Å². The van der Waals surface area contributed by atoms with Gasteiger partial charge in [-0.1, -0.05) is 42.8 Å². The summed E-state index contributed by atoms with van der Waals surface area (Å²) >= 11 is 3.39. The first kappa shape index (κ1) is 16.9. The van der Waals surface area contributed by atoms with Gasteiger partial charge in [-0.25, -0.2) is 0 Å². The molecule has 3 nitrogen and oxygen atoms in total. The van der Waals surface area contributed by atoms with Gasteiger partial charge in [-0.15, -0.1) is 0 Å². The summed E-state index contributed by atoms with van der Waals surface area (Å²) in [5.74, 6) is -0.0520. The Kier molecular flexibility index (Phi) is 5.18. The van der Waals surface area contributed by atoms with E-state index < -0.39 is 22.4 Å². The summed E-state index contributed by atoms with van der Waals surface area (Å²) in [5, 5.41) is 10.7. The Morgan fingerprint density at radius 1 is 1.25 bits per heavy atom. The topological polar surface area (TPSA) is 43.1 Å². The Bertz CT molecular complexity index is 493. The SMILES string of the molecule is CC(C)C(c1ccc([N+](=O)[O-])c(C(F)(F)F)c1)C(C)Br. The molecule has 0 aliphatic carbocycles. The zero-order valence-corrected chi connectivity index (χ0v) is 12.8. The molecule has 2 unspecified atom stereocenters. The maximum absolute atomic E-state index is 12.9. The molecule has 0 fully saturated rings. The van der Waals surface area contributed by atoms with Crippen LogP contribution in [0.15, 0.2) is 18.2 Å². The zero-order valence-electron chi connectivity index (χ0n) is 11.2. The van der Waals surface area contributed by atoms with Crippen LogP contribution in [0.1, 0.15) is 37.8 Å². The van der Waals surface area contributed by atoms with E-state index in [0.717, 1.165) is 12.1 Å². The molecule has 1 aromatic rings. The van der Waals surface area contributed by atoms with Gasteiger partial charge in [0.1, 0.15) is 5.56 Å². The quantitative estimate of drug-likeness (QED) is 0.427. The molecule has 1 aromatic carbocycles. The monoisotopic (exact) mass is 353 g/mol. The highest BCUT2D eigenvalue weighted by molar-refractivity contribution is 9.09. The first-order chi connectivity index (χ1) is 9.05.